The summed E-state index contributed by atoms with van der Waals surface area (Å²) in [7, 11) is 0. The standard InChI is InChI=1S/C13H16N2O2S/c16-13-8-18-12-6-9(1-2-11(12)15-13)5-10-7-14-3-4-17-10/h1-2,6,10,14H,3-5,7-8H2,(H,15,16). The minimum Gasteiger partial charge on any atom is -0.375 e. The van der Waals surface area contributed by atoms with Gasteiger partial charge in [0.25, 0.3) is 0 Å². The van der Waals surface area contributed by atoms with Gasteiger partial charge in [0.2, 0.25) is 5.91 Å². The van der Waals surface area contributed by atoms with Crippen molar-refractivity contribution in [2.75, 3.05) is 30.8 Å². The Balaban J connectivity index is 1.71. The van der Waals surface area contributed by atoms with Crippen molar-refractivity contribution in [3.05, 3.63) is 23.8 Å². The first-order valence-electron chi connectivity index (χ1n) is 6.19. The molecule has 1 unspecified atom stereocenters. The lowest BCUT2D eigenvalue weighted by molar-refractivity contribution is -0.113. The van der Waals surface area contributed by atoms with Gasteiger partial charge in [-0.15, -0.1) is 11.8 Å². The number of ether oxygens (including phenoxy) is 1. The number of carbonyl (C=O) groups excluding carboxylic acids is 1. The van der Waals surface area contributed by atoms with Crippen LogP contribution in [0.2, 0.25) is 0 Å². The average molecular weight is 264 g/mol. The summed E-state index contributed by atoms with van der Waals surface area (Å²) < 4.78 is 5.70. The van der Waals surface area contributed by atoms with E-state index < -0.39 is 0 Å². The molecule has 18 heavy (non-hydrogen) atoms. The molecule has 1 amide bonds. The second-order valence-electron chi connectivity index (χ2n) is 4.57. The SMILES string of the molecule is O=C1CSc2cc(CC3CNCCO3)ccc2N1. The summed E-state index contributed by atoms with van der Waals surface area (Å²) in [5, 5.41) is 6.22. The van der Waals surface area contributed by atoms with Crippen LogP contribution in [0, 0.1) is 0 Å². The van der Waals surface area contributed by atoms with Crippen LogP contribution in [0.15, 0.2) is 23.1 Å². The van der Waals surface area contributed by atoms with E-state index in [4.69, 9.17) is 4.74 Å². The number of fused-ring (bicyclic) bond motifs is 1. The molecule has 2 heterocycles. The fourth-order valence-electron chi connectivity index (χ4n) is 2.26. The van der Waals surface area contributed by atoms with Crippen LogP contribution in [-0.2, 0) is 16.0 Å². The molecule has 3 rings (SSSR count). The Morgan fingerprint density at radius 3 is 3.22 bits per heavy atom. The molecule has 0 radical (unpaired) electrons. The molecule has 1 saturated heterocycles. The first-order chi connectivity index (χ1) is 8.81. The van der Waals surface area contributed by atoms with Crippen molar-refractivity contribution in [1.29, 1.82) is 0 Å². The van der Waals surface area contributed by atoms with Crippen LogP contribution in [-0.4, -0.2) is 37.5 Å². The fourth-order valence-corrected chi connectivity index (χ4v) is 3.13. The predicted molar refractivity (Wildman–Crippen MR) is 72.1 cm³/mol. The molecule has 2 aliphatic rings. The first-order valence-corrected chi connectivity index (χ1v) is 7.18. The van der Waals surface area contributed by atoms with Crippen molar-refractivity contribution in [3.63, 3.8) is 0 Å². The highest BCUT2D eigenvalue weighted by Gasteiger charge is 2.18. The normalized spacial score (nSPS) is 23.3. The lowest BCUT2D eigenvalue weighted by Gasteiger charge is -2.24. The highest BCUT2D eigenvalue weighted by Crippen LogP contribution is 2.32. The number of nitrogens with one attached hydrogen (secondary N) is 2. The van der Waals surface area contributed by atoms with Gasteiger partial charge in [0, 0.05) is 18.0 Å². The molecule has 96 valence electrons. The zero-order valence-electron chi connectivity index (χ0n) is 10.1. The number of hydrogen-bond donors (Lipinski definition) is 2. The van der Waals surface area contributed by atoms with Crippen LogP contribution in [0.25, 0.3) is 0 Å². The lowest BCUT2D eigenvalue weighted by atomic mass is 10.1. The van der Waals surface area contributed by atoms with Crippen LogP contribution >= 0.6 is 11.8 Å². The number of amides is 1. The van der Waals surface area contributed by atoms with E-state index in [9.17, 15) is 4.79 Å². The monoisotopic (exact) mass is 264 g/mol. The Labute approximate surface area is 110 Å². The number of carbonyl (C=O) groups is 1. The molecule has 5 heteroatoms. The van der Waals surface area contributed by atoms with Crippen LogP contribution in [0.5, 0.6) is 0 Å². The quantitative estimate of drug-likeness (QED) is 0.844. The summed E-state index contributed by atoms with van der Waals surface area (Å²) in [6.07, 6.45) is 1.19. The Kier molecular flexibility index (Phi) is 3.54. The summed E-state index contributed by atoms with van der Waals surface area (Å²) in [5.41, 5.74) is 2.20. The minimum atomic E-state index is 0.0834. The molecule has 4 nitrogen and oxygen atoms in total. The van der Waals surface area contributed by atoms with Crippen molar-refractivity contribution in [3.8, 4) is 0 Å². The minimum absolute atomic E-state index is 0.0834. The molecule has 1 fully saturated rings. The molecule has 2 N–H and O–H groups in total. The molecule has 1 aromatic rings. The number of thioether (sulfide) groups is 1. The highest BCUT2D eigenvalue weighted by atomic mass is 32.2. The van der Waals surface area contributed by atoms with Gasteiger partial charge in [-0.2, -0.15) is 0 Å². The van der Waals surface area contributed by atoms with Gasteiger partial charge in [-0.25, -0.2) is 0 Å². The van der Waals surface area contributed by atoms with Gasteiger partial charge in [0.05, 0.1) is 24.2 Å². The van der Waals surface area contributed by atoms with E-state index in [1.807, 2.05) is 6.07 Å². The molecule has 0 aromatic heterocycles. The zero-order chi connectivity index (χ0) is 12.4. The lowest BCUT2D eigenvalue weighted by Crippen LogP contribution is -2.39. The van der Waals surface area contributed by atoms with E-state index in [-0.39, 0.29) is 12.0 Å². The largest absolute Gasteiger partial charge is 0.375 e. The number of morpholine rings is 1. The van der Waals surface area contributed by atoms with Crippen molar-refractivity contribution >= 4 is 23.4 Å². The van der Waals surface area contributed by atoms with Gasteiger partial charge < -0.3 is 15.4 Å². The molecular formula is C13H16N2O2S. The van der Waals surface area contributed by atoms with Crippen molar-refractivity contribution in [2.24, 2.45) is 0 Å². The summed E-state index contributed by atoms with van der Waals surface area (Å²) in [6, 6.07) is 6.23. The summed E-state index contributed by atoms with van der Waals surface area (Å²) >= 11 is 1.60. The van der Waals surface area contributed by atoms with Gasteiger partial charge in [0.15, 0.2) is 0 Å². The maximum absolute atomic E-state index is 11.3. The smallest absolute Gasteiger partial charge is 0.234 e. The molecule has 1 aromatic carbocycles. The molecular weight excluding hydrogens is 248 g/mol. The molecule has 0 spiro atoms. The second kappa shape index (κ2) is 5.30. The van der Waals surface area contributed by atoms with Gasteiger partial charge >= 0.3 is 0 Å². The molecule has 0 saturated carbocycles. The first kappa shape index (κ1) is 12.0. The van der Waals surface area contributed by atoms with Crippen molar-refractivity contribution in [2.45, 2.75) is 17.4 Å². The van der Waals surface area contributed by atoms with Crippen molar-refractivity contribution in [1.82, 2.24) is 5.32 Å². The Morgan fingerprint density at radius 1 is 1.44 bits per heavy atom. The second-order valence-corrected chi connectivity index (χ2v) is 5.59. The summed E-state index contributed by atoms with van der Waals surface area (Å²) in [5.74, 6) is 0.595. The van der Waals surface area contributed by atoms with Gasteiger partial charge in [-0.1, -0.05) is 6.07 Å². The molecule has 0 bridgehead atoms. The fraction of sp³-hybridized carbons (Fsp3) is 0.462. The third-order valence-corrected chi connectivity index (χ3v) is 4.20. The highest BCUT2D eigenvalue weighted by molar-refractivity contribution is 8.00. The van der Waals surface area contributed by atoms with Gasteiger partial charge in [-0.05, 0) is 24.1 Å². The van der Waals surface area contributed by atoms with Crippen molar-refractivity contribution < 1.29 is 9.53 Å². The molecule has 0 aliphatic carbocycles. The molecule has 2 aliphatic heterocycles. The third kappa shape index (κ3) is 2.68. The van der Waals surface area contributed by atoms with Crippen LogP contribution < -0.4 is 10.6 Å². The predicted octanol–water partition coefficient (Wildman–Crippen LogP) is 1.26. The Morgan fingerprint density at radius 2 is 2.39 bits per heavy atom. The Bertz CT molecular complexity index is 458. The van der Waals surface area contributed by atoms with Gasteiger partial charge in [0.1, 0.15) is 0 Å². The number of rotatable bonds is 2. The zero-order valence-corrected chi connectivity index (χ0v) is 10.9. The van der Waals surface area contributed by atoms with E-state index in [1.54, 1.807) is 11.8 Å². The van der Waals surface area contributed by atoms with E-state index in [0.29, 0.717) is 5.75 Å². The van der Waals surface area contributed by atoms with Crippen LogP contribution in [0.4, 0.5) is 5.69 Å². The maximum atomic E-state index is 11.3. The van der Waals surface area contributed by atoms with Crippen LogP contribution in [0.1, 0.15) is 5.56 Å². The van der Waals surface area contributed by atoms with E-state index in [0.717, 1.165) is 36.7 Å². The van der Waals surface area contributed by atoms with Crippen LogP contribution in [0.3, 0.4) is 0 Å². The number of benzene rings is 1. The summed E-state index contributed by atoms with van der Waals surface area (Å²) in [6.45, 7) is 2.66. The van der Waals surface area contributed by atoms with E-state index >= 15 is 0 Å². The number of anilines is 1. The average Bonchev–Trinajstić information content (AvgIpc) is 2.40. The Hall–Kier alpha value is -1.04. The maximum Gasteiger partial charge on any atom is 0.234 e. The van der Waals surface area contributed by atoms with E-state index in [1.165, 1.54) is 5.56 Å². The molecule has 1 atom stereocenters. The topological polar surface area (TPSA) is 50.4 Å². The van der Waals surface area contributed by atoms with Gasteiger partial charge in [-0.3, -0.25) is 4.79 Å². The summed E-state index contributed by atoms with van der Waals surface area (Å²) in [4.78, 5) is 12.4. The van der Waals surface area contributed by atoms with E-state index in [2.05, 4.69) is 22.8 Å². The number of hydrogen-bond acceptors (Lipinski definition) is 4. The third-order valence-electron chi connectivity index (χ3n) is 3.15.